The molecule has 0 atom stereocenters. The van der Waals surface area contributed by atoms with Crippen molar-refractivity contribution in [1.29, 1.82) is 0 Å². The van der Waals surface area contributed by atoms with Crippen LogP contribution in [0.25, 0.3) is 10.9 Å². The summed E-state index contributed by atoms with van der Waals surface area (Å²) in [5.41, 5.74) is 1.16. The topological polar surface area (TPSA) is 89.8 Å². The van der Waals surface area contributed by atoms with Gasteiger partial charge in [0.2, 0.25) is 5.91 Å². The van der Waals surface area contributed by atoms with Crippen LogP contribution in [-0.2, 0) is 11.3 Å². The zero-order valence-electron chi connectivity index (χ0n) is 11.8. The van der Waals surface area contributed by atoms with Crippen LogP contribution in [0, 0.1) is 6.92 Å². The predicted molar refractivity (Wildman–Crippen MR) is 83.9 cm³/mol. The van der Waals surface area contributed by atoms with Gasteiger partial charge in [0.1, 0.15) is 5.52 Å². The molecule has 112 valence electrons. The molecule has 0 unspecified atom stereocenters. The van der Waals surface area contributed by atoms with Gasteiger partial charge in [-0.05, 0) is 19.1 Å². The predicted octanol–water partition coefficient (Wildman–Crippen LogP) is 1.59. The summed E-state index contributed by atoms with van der Waals surface area (Å²) in [6.07, 6.45) is 0.131. The zero-order chi connectivity index (χ0) is 15.5. The number of nitrogens with zero attached hydrogens (tertiary/aromatic N) is 4. The first-order valence-electron chi connectivity index (χ1n) is 6.68. The van der Waals surface area contributed by atoms with Crippen LogP contribution < -0.4 is 10.9 Å². The highest BCUT2D eigenvalue weighted by molar-refractivity contribution is 7.13. The quantitative estimate of drug-likeness (QED) is 0.789. The van der Waals surface area contributed by atoms with Crippen LogP contribution in [0.4, 0.5) is 5.13 Å². The van der Waals surface area contributed by atoms with Crippen molar-refractivity contribution in [3.63, 3.8) is 0 Å². The summed E-state index contributed by atoms with van der Waals surface area (Å²) >= 11 is 1.37. The summed E-state index contributed by atoms with van der Waals surface area (Å²) in [6.45, 7) is 2.03. The molecule has 0 saturated carbocycles. The van der Waals surface area contributed by atoms with E-state index in [-0.39, 0.29) is 24.4 Å². The third-order valence-electron chi connectivity index (χ3n) is 3.05. The largest absolute Gasteiger partial charge is 0.302 e. The van der Waals surface area contributed by atoms with Crippen LogP contribution in [0.15, 0.2) is 34.4 Å². The molecule has 1 amide bonds. The Labute approximate surface area is 129 Å². The molecule has 22 heavy (non-hydrogen) atoms. The van der Waals surface area contributed by atoms with Gasteiger partial charge >= 0.3 is 0 Å². The van der Waals surface area contributed by atoms with Crippen molar-refractivity contribution < 1.29 is 4.79 Å². The molecule has 2 aromatic heterocycles. The monoisotopic (exact) mass is 315 g/mol. The van der Waals surface area contributed by atoms with Gasteiger partial charge in [0, 0.05) is 11.8 Å². The number of hydrogen-bond acceptors (Lipinski definition) is 6. The molecule has 0 bridgehead atoms. The van der Waals surface area contributed by atoms with Gasteiger partial charge in [-0.25, -0.2) is 9.67 Å². The summed E-state index contributed by atoms with van der Waals surface area (Å²) in [7, 11) is 0. The first-order valence-corrected chi connectivity index (χ1v) is 7.56. The first kappa shape index (κ1) is 14.3. The molecule has 7 nitrogen and oxygen atoms in total. The summed E-state index contributed by atoms with van der Waals surface area (Å²) in [6, 6.07) is 6.99. The van der Waals surface area contributed by atoms with Crippen molar-refractivity contribution in [2.45, 2.75) is 19.9 Å². The Morgan fingerprint density at radius 1 is 1.36 bits per heavy atom. The lowest BCUT2D eigenvalue weighted by atomic mass is 10.2. The highest BCUT2D eigenvalue weighted by Gasteiger charge is 2.09. The van der Waals surface area contributed by atoms with Crippen LogP contribution in [-0.4, -0.2) is 25.9 Å². The van der Waals surface area contributed by atoms with E-state index in [0.29, 0.717) is 16.0 Å². The Morgan fingerprint density at radius 3 is 2.95 bits per heavy atom. The maximum Gasteiger partial charge on any atom is 0.277 e. The third-order valence-corrected chi connectivity index (χ3v) is 3.92. The number of benzene rings is 1. The van der Waals surface area contributed by atoms with Gasteiger partial charge in [-0.2, -0.15) is 0 Å². The van der Waals surface area contributed by atoms with Crippen LogP contribution in [0.5, 0.6) is 0 Å². The molecule has 0 aliphatic carbocycles. The maximum absolute atomic E-state index is 12.2. The number of fused-ring (bicyclic) bond motifs is 1. The third kappa shape index (κ3) is 3.01. The summed E-state index contributed by atoms with van der Waals surface area (Å²) < 4.78 is 1.20. The minimum Gasteiger partial charge on any atom is -0.302 e. The fraction of sp³-hybridized carbons (Fsp3) is 0.214. The molecule has 0 aliphatic heterocycles. The maximum atomic E-state index is 12.2. The number of amides is 1. The molecular weight excluding hydrogens is 302 g/mol. The highest BCUT2D eigenvalue weighted by atomic mass is 32.1. The van der Waals surface area contributed by atoms with Crippen LogP contribution in [0.3, 0.4) is 0 Å². The second-order valence-electron chi connectivity index (χ2n) is 4.73. The number of carbonyl (C=O) groups excluding carboxylic acids is 1. The Morgan fingerprint density at radius 2 is 2.18 bits per heavy atom. The van der Waals surface area contributed by atoms with E-state index >= 15 is 0 Å². The lowest BCUT2D eigenvalue weighted by Gasteiger charge is -2.04. The number of carbonyl (C=O) groups is 1. The van der Waals surface area contributed by atoms with Gasteiger partial charge in [0.05, 0.1) is 17.6 Å². The number of aromatic nitrogens is 4. The lowest BCUT2D eigenvalue weighted by molar-refractivity contribution is -0.116. The van der Waals surface area contributed by atoms with Crippen molar-refractivity contribution >= 4 is 33.3 Å². The molecule has 0 saturated heterocycles. The van der Waals surface area contributed by atoms with Gasteiger partial charge in [0.25, 0.3) is 5.56 Å². The van der Waals surface area contributed by atoms with Crippen molar-refractivity contribution in [3.8, 4) is 0 Å². The molecule has 2 heterocycles. The van der Waals surface area contributed by atoms with E-state index in [4.69, 9.17) is 0 Å². The van der Waals surface area contributed by atoms with Crippen molar-refractivity contribution in [3.05, 3.63) is 45.7 Å². The van der Waals surface area contributed by atoms with Gasteiger partial charge in [-0.3, -0.25) is 9.59 Å². The SMILES string of the molecule is Cc1csc(NC(=O)CCn2nnc3ccccc3c2=O)n1. The Balaban J connectivity index is 1.70. The van der Waals surface area contributed by atoms with E-state index in [2.05, 4.69) is 20.6 Å². The van der Waals surface area contributed by atoms with Gasteiger partial charge in [-0.1, -0.05) is 17.3 Å². The first-order chi connectivity index (χ1) is 10.6. The standard InChI is InChI=1S/C14H13N5O2S/c1-9-8-22-14(15-9)16-12(20)6-7-19-13(21)10-4-2-3-5-11(10)17-18-19/h2-5,8H,6-7H2,1H3,(H,15,16,20). The van der Waals surface area contributed by atoms with Crippen molar-refractivity contribution in [2.24, 2.45) is 0 Å². The van der Waals surface area contributed by atoms with Crippen LogP contribution in [0.1, 0.15) is 12.1 Å². The minimum absolute atomic E-state index is 0.131. The molecule has 3 aromatic rings. The fourth-order valence-electron chi connectivity index (χ4n) is 1.97. The second-order valence-corrected chi connectivity index (χ2v) is 5.59. The minimum atomic E-state index is -0.247. The van der Waals surface area contributed by atoms with E-state index in [1.807, 2.05) is 12.3 Å². The van der Waals surface area contributed by atoms with E-state index in [1.165, 1.54) is 16.0 Å². The number of rotatable bonds is 4. The van der Waals surface area contributed by atoms with Crippen molar-refractivity contribution in [1.82, 2.24) is 20.0 Å². The highest BCUT2D eigenvalue weighted by Crippen LogP contribution is 2.14. The molecule has 0 radical (unpaired) electrons. The number of aryl methyl sites for hydroxylation is 2. The van der Waals surface area contributed by atoms with E-state index in [1.54, 1.807) is 24.3 Å². The molecular formula is C14H13N5O2S. The van der Waals surface area contributed by atoms with E-state index in [0.717, 1.165) is 5.69 Å². The normalized spacial score (nSPS) is 10.8. The number of nitrogens with one attached hydrogen (secondary N) is 1. The summed E-state index contributed by atoms with van der Waals surface area (Å²) in [4.78, 5) is 28.2. The summed E-state index contributed by atoms with van der Waals surface area (Å²) in [5, 5.41) is 13.4. The van der Waals surface area contributed by atoms with Crippen molar-refractivity contribution in [2.75, 3.05) is 5.32 Å². The Kier molecular flexibility index (Phi) is 3.92. The van der Waals surface area contributed by atoms with Gasteiger partial charge in [0.15, 0.2) is 5.13 Å². The molecule has 8 heteroatoms. The second kappa shape index (κ2) is 6.02. The van der Waals surface area contributed by atoms with Crippen LogP contribution in [0.2, 0.25) is 0 Å². The smallest absolute Gasteiger partial charge is 0.277 e. The number of anilines is 1. The zero-order valence-corrected chi connectivity index (χ0v) is 12.6. The van der Waals surface area contributed by atoms with E-state index in [9.17, 15) is 9.59 Å². The van der Waals surface area contributed by atoms with Crippen LogP contribution >= 0.6 is 11.3 Å². The molecule has 3 rings (SSSR count). The molecule has 1 N–H and O–H groups in total. The number of hydrogen-bond donors (Lipinski definition) is 1. The van der Waals surface area contributed by atoms with Gasteiger partial charge < -0.3 is 5.32 Å². The molecule has 1 aromatic carbocycles. The van der Waals surface area contributed by atoms with Gasteiger partial charge in [-0.15, -0.1) is 16.4 Å². The molecule has 0 spiro atoms. The average molecular weight is 315 g/mol. The van der Waals surface area contributed by atoms with E-state index < -0.39 is 0 Å². The summed E-state index contributed by atoms with van der Waals surface area (Å²) in [5.74, 6) is -0.212. The average Bonchev–Trinajstić information content (AvgIpc) is 2.92. The molecule has 0 fully saturated rings. The fourth-order valence-corrected chi connectivity index (χ4v) is 2.67. The Hall–Kier alpha value is -2.61. The Bertz CT molecular complexity index is 886. The lowest BCUT2D eigenvalue weighted by Crippen LogP contribution is -2.26. The number of thiazole rings is 1. The molecule has 0 aliphatic rings.